The first-order valence-electron chi connectivity index (χ1n) is 6.65. The van der Waals surface area contributed by atoms with Gasteiger partial charge in [0.15, 0.2) is 0 Å². The summed E-state index contributed by atoms with van der Waals surface area (Å²) in [4.78, 5) is 12.5. The van der Waals surface area contributed by atoms with Gasteiger partial charge in [0.1, 0.15) is 17.2 Å². The number of halogens is 2. The van der Waals surface area contributed by atoms with Gasteiger partial charge < -0.3 is 4.74 Å². The van der Waals surface area contributed by atoms with Gasteiger partial charge in [-0.3, -0.25) is 4.79 Å². The van der Waals surface area contributed by atoms with Crippen molar-refractivity contribution in [3.8, 4) is 0 Å². The predicted octanol–water partition coefficient (Wildman–Crippen LogP) is 3.81. The fraction of sp³-hybridized carbons (Fsp3) is 0.533. The number of hydrogen-bond donors (Lipinski definition) is 0. The van der Waals surface area contributed by atoms with Crippen LogP contribution >= 0.6 is 0 Å². The second-order valence-electron chi connectivity index (χ2n) is 5.02. The third kappa shape index (κ3) is 2.41. The minimum Gasteiger partial charge on any atom is -0.367 e. The summed E-state index contributed by atoms with van der Waals surface area (Å²) in [5, 5.41) is 0. The molecule has 0 spiro atoms. The summed E-state index contributed by atoms with van der Waals surface area (Å²) in [6, 6.07) is 2.48. The summed E-state index contributed by atoms with van der Waals surface area (Å²) in [5.74, 6) is -2.12. The van der Waals surface area contributed by atoms with E-state index in [1.54, 1.807) is 6.92 Å². The van der Waals surface area contributed by atoms with Crippen molar-refractivity contribution >= 4 is 5.78 Å². The van der Waals surface area contributed by atoms with Crippen LogP contribution in [0.2, 0.25) is 0 Å². The van der Waals surface area contributed by atoms with E-state index in [0.717, 1.165) is 18.9 Å². The van der Waals surface area contributed by atoms with E-state index < -0.39 is 28.6 Å². The largest absolute Gasteiger partial charge is 0.367 e. The van der Waals surface area contributed by atoms with Crippen LogP contribution in [0.5, 0.6) is 0 Å². The molecule has 0 saturated heterocycles. The Labute approximate surface area is 111 Å². The minimum atomic E-state index is -1.04. The molecule has 0 amide bonds. The lowest BCUT2D eigenvalue weighted by Gasteiger charge is -2.27. The fourth-order valence-electron chi connectivity index (χ4n) is 2.75. The molecule has 4 heteroatoms. The molecule has 0 atom stereocenters. The van der Waals surface area contributed by atoms with Crippen LogP contribution in [0.25, 0.3) is 0 Å². The Morgan fingerprint density at radius 3 is 2.53 bits per heavy atom. The Bertz CT molecular complexity index is 491. The zero-order chi connectivity index (χ0) is 14.0. The molecule has 1 aromatic rings. The number of Topliss-reactive ketones (excluding diaryl/α,β-unsaturated/α-hetero) is 1. The van der Waals surface area contributed by atoms with Crippen molar-refractivity contribution in [1.29, 1.82) is 0 Å². The van der Waals surface area contributed by atoms with Crippen LogP contribution in [0, 0.1) is 18.6 Å². The van der Waals surface area contributed by atoms with Crippen molar-refractivity contribution in [2.24, 2.45) is 0 Å². The maximum Gasteiger partial charge on any atom is 0.200 e. The molecule has 1 aliphatic carbocycles. The lowest BCUT2D eigenvalue weighted by molar-refractivity contribution is -0.0169. The first-order chi connectivity index (χ1) is 9.02. The van der Waals surface area contributed by atoms with Crippen LogP contribution in [0.3, 0.4) is 0 Å². The van der Waals surface area contributed by atoms with Crippen molar-refractivity contribution in [1.82, 2.24) is 0 Å². The molecule has 0 aromatic heterocycles. The van der Waals surface area contributed by atoms with E-state index in [-0.39, 0.29) is 5.56 Å². The average Bonchev–Trinajstić information content (AvgIpc) is 2.84. The standard InChI is InChI=1S/C15H18F2O2/c1-3-19-15(8-4-5-9-15)14(18)12-11(16)7-6-10(2)13(12)17/h6-7H,3-5,8-9H2,1-2H3. The quantitative estimate of drug-likeness (QED) is 0.776. The molecule has 0 N–H and O–H groups in total. The number of hydrogen-bond acceptors (Lipinski definition) is 2. The third-order valence-corrected chi connectivity index (χ3v) is 3.76. The number of ketones is 1. The van der Waals surface area contributed by atoms with E-state index in [0.29, 0.717) is 19.4 Å². The molecule has 0 aliphatic heterocycles. The van der Waals surface area contributed by atoms with Crippen LogP contribution in [0.15, 0.2) is 12.1 Å². The summed E-state index contributed by atoms with van der Waals surface area (Å²) in [6.07, 6.45) is 2.76. The van der Waals surface area contributed by atoms with Crippen LogP contribution in [0.1, 0.15) is 48.5 Å². The van der Waals surface area contributed by atoms with Gasteiger partial charge in [-0.15, -0.1) is 0 Å². The van der Waals surface area contributed by atoms with Crippen molar-refractivity contribution in [2.75, 3.05) is 6.61 Å². The SMILES string of the molecule is CCOC1(C(=O)c2c(F)ccc(C)c2F)CCCC1. The molecular formula is C15H18F2O2. The summed E-state index contributed by atoms with van der Waals surface area (Å²) >= 11 is 0. The van der Waals surface area contributed by atoms with Gasteiger partial charge >= 0.3 is 0 Å². The van der Waals surface area contributed by atoms with Gasteiger partial charge in [-0.05, 0) is 51.2 Å². The van der Waals surface area contributed by atoms with E-state index in [1.807, 2.05) is 0 Å². The zero-order valence-electron chi connectivity index (χ0n) is 11.3. The molecule has 2 rings (SSSR count). The highest BCUT2D eigenvalue weighted by atomic mass is 19.1. The third-order valence-electron chi connectivity index (χ3n) is 3.76. The van der Waals surface area contributed by atoms with Gasteiger partial charge in [0.2, 0.25) is 5.78 Å². The minimum absolute atomic E-state index is 0.273. The van der Waals surface area contributed by atoms with Crippen molar-refractivity contribution in [3.63, 3.8) is 0 Å². The molecule has 0 radical (unpaired) electrons. The van der Waals surface area contributed by atoms with Gasteiger partial charge in [0.05, 0.1) is 5.56 Å². The molecule has 104 valence electrons. The van der Waals surface area contributed by atoms with Gasteiger partial charge in [0, 0.05) is 6.61 Å². The monoisotopic (exact) mass is 268 g/mol. The Morgan fingerprint density at radius 2 is 1.95 bits per heavy atom. The first-order valence-corrected chi connectivity index (χ1v) is 6.65. The van der Waals surface area contributed by atoms with Gasteiger partial charge in [-0.25, -0.2) is 8.78 Å². The van der Waals surface area contributed by atoms with E-state index in [1.165, 1.54) is 13.0 Å². The Hall–Kier alpha value is -1.29. The lowest BCUT2D eigenvalue weighted by Crippen LogP contribution is -2.40. The lowest BCUT2D eigenvalue weighted by atomic mass is 9.89. The number of rotatable bonds is 4. The number of aryl methyl sites for hydroxylation is 1. The first kappa shape index (κ1) is 14.1. The molecule has 19 heavy (non-hydrogen) atoms. The Morgan fingerprint density at radius 1 is 1.32 bits per heavy atom. The van der Waals surface area contributed by atoms with Crippen molar-refractivity contribution in [3.05, 3.63) is 34.9 Å². The highest BCUT2D eigenvalue weighted by molar-refractivity contribution is 6.03. The highest BCUT2D eigenvalue weighted by Crippen LogP contribution is 2.37. The Balaban J connectivity index is 2.46. The van der Waals surface area contributed by atoms with Crippen molar-refractivity contribution in [2.45, 2.75) is 45.1 Å². The van der Waals surface area contributed by atoms with E-state index in [4.69, 9.17) is 4.74 Å². The number of carbonyl (C=O) groups excluding carboxylic acids is 1. The van der Waals surface area contributed by atoms with Gasteiger partial charge in [-0.2, -0.15) is 0 Å². The maximum absolute atomic E-state index is 14.1. The maximum atomic E-state index is 14.1. The zero-order valence-corrected chi connectivity index (χ0v) is 11.3. The predicted molar refractivity (Wildman–Crippen MR) is 68.3 cm³/mol. The number of ether oxygens (including phenoxy) is 1. The molecule has 0 unspecified atom stereocenters. The highest BCUT2D eigenvalue weighted by Gasteiger charge is 2.44. The van der Waals surface area contributed by atoms with E-state index in [2.05, 4.69) is 0 Å². The summed E-state index contributed by atoms with van der Waals surface area (Å²) in [6.45, 7) is 3.67. The topological polar surface area (TPSA) is 26.3 Å². The molecule has 1 aliphatic rings. The molecule has 1 fully saturated rings. The van der Waals surface area contributed by atoms with E-state index >= 15 is 0 Å². The summed E-state index contributed by atoms with van der Waals surface area (Å²) in [7, 11) is 0. The molecule has 0 heterocycles. The van der Waals surface area contributed by atoms with Gasteiger partial charge in [-0.1, -0.05) is 6.07 Å². The molecule has 1 aromatic carbocycles. The fourth-order valence-corrected chi connectivity index (χ4v) is 2.75. The molecule has 2 nitrogen and oxygen atoms in total. The summed E-state index contributed by atoms with van der Waals surface area (Å²) in [5.41, 5.74) is -1.21. The second kappa shape index (κ2) is 5.37. The summed E-state index contributed by atoms with van der Waals surface area (Å²) < 4.78 is 33.5. The normalized spacial score (nSPS) is 17.7. The number of benzene rings is 1. The van der Waals surface area contributed by atoms with Crippen LogP contribution < -0.4 is 0 Å². The number of carbonyl (C=O) groups is 1. The van der Waals surface area contributed by atoms with Crippen LogP contribution in [-0.4, -0.2) is 18.0 Å². The van der Waals surface area contributed by atoms with Crippen LogP contribution in [0.4, 0.5) is 8.78 Å². The van der Waals surface area contributed by atoms with Gasteiger partial charge in [0.25, 0.3) is 0 Å². The van der Waals surface area contributed by atoms with E-state index in [9.17, 15) is 13.6 Å². The second-order valence-corrected chi connectivity index (χ2v) is 5.02. The molecular weight excluding hydrogens is 250 g/mol. The van der Waals surface area contributed by atoms with Crippen LogP contribution in [-0.2, 0) is 4.74 Å². The smallest absolute Gasteiger partial charge is 0.200 e. The molecule has 0 bridgehead atoms. The average molecular weight is 268 g/mol. The van der Waals surface area contributed by atoms with Crippen molar-refractivity contribution < 1.29 is 18.3 Å². The Kier molecular flexibility index (Phi) is 3.99. The molecule has 1 saturated carbocycles.